The van der Waals surface area contributed by atoms with Gasteiger partial charge < -0.3 is 10.4 Å². The first kappa shape index (κ1) is 14.3. The summed E-state index contributed by atoms with van der Waals surface area (Å²) in [5.74, 6) is 1.55. The minimum absolute atomic E-state index is 0.330. The van der Waals surface area contributed by atoms with Gasteiger partial charge in [0.2, 0.25) is 0 Å². The highest BCUT2D eigenvalue weighted by molar-refractivity contribution is 5.12. The van der Waals surface area contributed by atoms with Gasteiger partial charge in [-0.1, -0.05) is 34.1 Å². The first-order chi connectivity index (χ1) is 8.45. The van der Waals surface area contributed by atoms with Crippen molar-refractivity contribution in [1.29, 1.82) is 0 Å². The number of hydrogen-bond donors (Lipinski definition) is 2. The lowest BCUT2D eigenvalue weighted by molar-refractivity contribution is 0.117. The quantitative estimate of drug-likeness (QED) is 0.762. The first-order valence-corrected chi connectivity index (χ1v) is 7.80. The second kappa shape index (κ2) is 5.13. The van der Waals surface area contributed by atoms with E-state index in [-0.39, 0.29) is 0 Å². The number of aliphatic hydroxyl groups is 1. The van der Waals surface area contributed by atoms with Crippen LogP contribution >= 0.6 is 0 Å². The van der Waals surface area contributed by atoms with Crippen molar-refractivity contribution < 1.29 is 5.11 Å². The molecule has 2 saturated carbocycles. The van der Waals surface area contributed by atoms with E-state index in [4.69, 9.17) is 5.11 Å². The molecular formula is C16H31NO. The number of aliphatic hydroxyl groups excluding tert-OH is 1. The summed E-state index contributed by atoms with van der Waals surface area (Å²) in [4.78, 5) is 0. The fraction of sp³-hybridized carbons (Fsp3) is 1.00. The Balaban J connectivity index is 1.92. The van der Waals surface area contributed by atoms with Gasteiger partial charge in [0, 0.05) is 12.6 Å². The van der Waals surface area contributed by atoms with E-state index < -0.39 is 0 Å². The monoisotopic (exact) mass is 253 g/mol. The number of rotatable bonds is 6. The predicted molar refractivity (Wildman–Crippen MR) is 76.5 cm³/mol. The minimum atomic E-state index is 0.330. The number of hydrogen-bond acceptors (Lipinski definition) is 2. The molecular weight excluding hydrogens is 222 g/mol. The highest BCUT2D eigenvalue weighted by Crippen LogP contribution is 2.65. The maximum Gasteiger partial charge on any atom is 0.0434 e. The number of nitrogens with one attached hydrogen (secondary N) is 1. The van der Waals surface area contributed by atoms with E-state index in [2.05, 4.69) is 33.0 Å². The zero-order chi connectivity index (χ0) is 13.4. The van der Waals surface area contributed by atoms with Crippen molar-refractivity contribution in [1.82, 2.24) is 5.32 Å². The van der Waals surface area contributed by atoms with Gasteiger partial charge in [0.05, 0.1) is 0 Å². The summed E-state index contributed by atoms with van der Waals surface area (Å²) in [6.07, 6.45) is 6.29. The topological polar surface area (TPSA) is 32.3 Å². The highest BCUT2D eigenvalue weighted by Gasteiger charge is 2.60. The zero-order valence-electron chi connectivity index (χ0n) is 12.6. The SMILES string of the molecule is CCC(CCO)CNC1CC2CCC1(C)C2(C)C. The Kier molecular flexibility index (Phi) is 4.08. The molecule has 2 aliphatic rings. The lowest BCUT2D eigenvalue weighted by Gasteiger charge is -2.40. The lowest BCUT2D eigenvalue weighted by Crippen LogP contribution is -2.46. The lowest BCUT2D eigenvalue weighted by atomic mass is 9.69. The third kappa shape index (κ3) is 2.12. The molecule has 0 aromatic rings. The maximum absolute atomic E-state index is 9.07. The van der Waals surface area contributed by atoms with Gasteiger partial charge in [-0.3, -0.25) is 0 Å². The Morgan fingerprint density at radius 3 is 2.50 bits per heavy atom. The van der Waals surface area contributed by atoms with Gasteiger partial charge in [-0.15, -0.1) is 0 Å². The Morgan fingerprint density at radius 1 is 1.33 bits per heavy atom. The molecule has 0 saturated heterocycles. The van der Waals surface area contributed by atoms with E-state index in [0.717, 1.165) is 18.9 Å². The van der Waals surface area contributed by atoms with Crippen LogP contribution in [0.4, 0.5) is 0 Å². The van der Waals surface area contributed by atoms with Crippen LogP contribution in [-0.4, -0.2) is 24.3 Å². The third-order valence-electron chi connectivity index (χ3n) is 6.56. The van der Waals surface area contributed by atoms with Gasteiger partial charge >= 0.3 is 0 Å². The summed E-state index contributed by atoms with van der Waals surface area (Å²) >= 11 is 0. The Hall–Kier alpha value is -0.0800. The van der Waals surface area contributed by atoms with E-state index >= 15 is 0 Å². The molecule has 0 aromatic carbocycles. The summed E-state index contributed by atoms with van der Waals surface area (Å²) in [7, 11) is 0. The van der Waals surface area contributed by atoms with E-state index in [1.54, 1.807) is 0 Å². The molecule has 18 heavy (non-hydrogen) atoms. The van der Waals surface area contributed by atoms with E-state index in [0.29, 0.717) is 29.4 Å². The van der Waals surface area contributed by atoms with Crippen molar-refractivity contribution in [3.05, 3.63) is 0 Å². The normalized spacial score (nSPS) is 39.2. The molecule has 4 unspecified atom stereocenters. The molecule has 2 heteroatoms. The van der Waals surface area contributed by atoms with E-state index in [9.17, 15) is 0 Å². The molecule has 0 amide bonds. The van der Waals surface area contributed by atoms with Gasteiger partial charge in [-0.2, -0.15) is 0 Å². The molecule has 0 spiro atoms. The van der Waals surface area contributed by atoms with E-state index in [1.165, 1.54) is 25.7 Å². The summed E-state index contributed by atoms with van der Waals surface area (Å²) < 4.78 is 0. The van der Waals surface area contributed by atoms with Gasteiger partial charge in [-0.05, 0) is 54.9 Å². The van der Waals surface area contributed by atoms with Crippen molar-refractivity contribution in [3.8, 4) is 0 Å². The second-order valence-electron chi connectivity index (χ2n) is 7.36. The molecule has 0 heterocycles. The molecule has 2 rings (SSSR count). The predicted octanol–water partition coefficient (Wildman–Crippen LogP) is 3.20. The molecule has 0 aromatic heterocycles. The fourth-order valence-corrected chi connectivity index (χ4v) is 4.45. The molecule has 2 N–H and O–H groups in total. The van der Waals surface area contributed by atoms with Gasteiger partial charge in [0.25, 0.3) is 0 Å². The van der Waals surface area contributed by atoms with Crippen LogP contribution in [0.25, 0.3) is 0 Å². The van der Waals surface area contributed by atoms with Gasteiger partial charge in [0.15, 0.2) is 0 Å². The Labute approximate surface area is 113 Å². The van der Waals surface area contributed by atoms with E-state index in [1.807, 2.05) is 0 Å². The van der Waals surface area contributed by atoms with Crippen molar-refractivity contribution in [2.24, 2.45) is 22.7 Å². The molecule has 2 nitrogen and oxygen atoms in total. The van der Waals surface area contributed by atoms with Crippen LogP contribution in [0.15, 0.2) is 0 Å². The smallest absolute Gasteiger partial charge is 0.0434 e. The highest BCUT2D eigenvalue weighted by atomic mass is 16.3. The average Bonchev–Trinajstić information content (AvgIpc) is 2.67. The summed E-state index contributed by atoms with van der Waals surface area (Å²) in [5.41, 5.74) is 0.985. The third-order valence-corrected chi connectivity index (χ3v) is 6.56. The minimum Gasteiger partial charge on any atom is -0.396 e. The Morgan fingerprint density at radius 2 is 2.06 bits per heavy atom. The fourth-order valence-electron chi connectivity index (χ4n) is 4.45. The summed E-state index contributed by atoms with van der Waals surface area (Å²) in [6.45, 7) is 11.1. The van der Waals surface area contributed by atoms with Crippen LogP contribution in [0, 0.1) is 22.7 Å². The zero-order valence-corrected chi connectivity index (χ0v) is 12.6. The average molecular weight is 253 g/mol. The van der Waals surface area contributed by atoms with Crippen molar-refractivity contribution >= 4 is 0 Å². The summed E-state index contributed by atoms with van der Waals surface area (Å²) in [5, 5.41) is 12.9. The van der Waals surface area contributed by atoms with Gasteiger partial charge in [0.1, 0.15) is 0 Å². The molecule has 0 radical (unpaired) electrons. The van der Waals surface area contributed by atoms with Crippen molar-refractivity contribution in [3.63, 3.8) is 0 Å². The van der Waals surface area contributed by atoms with Crippen LogP contribution in [0.1, 0.15) is 59.8 Å². The van der Waals surface area contributed by atoms with Crippen LogP contribution in [0.5, 0.6) is 0 Å². The molecule has 106 valence electrons. The molecule has 2 aliphatic carbocycles. The number of fused-ring (bicyclic) bond motifs is 2. The van der Waals surface area contributed by atoms with Crippen LogP contribution in [-0.2, 0) is 0 Å². The molecule has 4 atom stereocenters. The largest absolute Gasteiger partial charge is 0.396 e. The van der Waals surface area contributed by atoms with Crippen molar-refractivity contribution in [2.75, 3.05) is 13.2 Å². The Bertz CT molecular complexity index is 289. The first-order valence-electron chi connectivity index (χ1n) is 7.80. The van der Waals surface area contributed by atoms with Crippen LogP contribution in [0.2, 0.25) is 0 Å². The standard InChI is InChI=1S/C16H31NO/c1-5-12(7-9-18)11-17-14-10-13-6-8-16(14,4)15(13,2)3/h12-14,17-18H,5-11H2,1-4H3. The van der Waals surface area contributed by atoms with Gasteiger partial charge in [-0.25, -0.2) is 0 Å². The van der Waals surface area contributed by atoms with Crippen molar-refractivity contribution in [2.45, 2.75) is 65.8 Å². The maximum atomic E-state index is 9.07. The molecule has 2 bridgehead atoms. The van der Waals surface area contributed by atoms with Crippen LogP contribution in [0.3, 0.4) is 0 Å². The molecule has 2 fully saturated rings. The van der Waals surface area contributed by atoms with Crippen LogP contribution < -0.4 is 5.32 Å². The second-order valence-corrected chi connectivity index (χ2v) is 7.36. The summed E-state index contributed by atoms with van der Waals surface area (Å²) in [6, 6.07) is 0.694. The molecule has 0 aliphatic heterocycles.